The number of benzene rings is 1. The third-order valence-electron chi connectivity index (χ3n) is 3.27. The van der Waals surface area contributed by atoms with E-state index in [1.54, 1.807) is 0 Å². The Bertz CT molecular complexity index is 815. The van der Waals surface area contributed by atoms with Gasteiger partial charge in [0.1, 0.15) is 11.9 Å². The van der Waals surface area contributed by atoms with Gasteiger partial charge < -0.3 is 9.73 Å². The van der Waals surface area contributed by atoms with Gasteiger partial charge in [0.2, 0.25) is 21.6 Å². The predicted molar refractivity (Wildman–Crippen MR) is 83.2 cm³/mol. The average molecular weight is 355 g/mol. The molecule has 0 spiro atoms. The first-order valence-corrected chi connectivity index (χ1v) is 9.13. The molecular formula is C15H18FN3O4S. The van der Waals surface area contributed by atoms with Crippen LogP contribution in [0.2, 0.25) is 0 Å². The van der Waals surface area contributed by atoms with Crippen molar-refractivity contribution in [1.29, 1.82) is 0 Å². The highest BCUT2D eigenvalue weighted by Gasteiger charge is 2.26. The summed E-state index contributed by atoms with van der Waals surface area (Å²) < 4.78 is 40.9. The van der Waals surface area contributed by atoms with Crippen molar-refractivity contribution in [3.8, 4) is 0 Å². The molecule has 0 saturated carbocycles. The minimum absolute atomic E-state index is 0.0258. The van der Waals surface area contributed by atoms with E-state index in [0.717, 1.165) is 6.26 Å². The van der Waals surface area contributed by atoms with Crippen molar-refractivity contribution < 1.29 is 22.0 Å². The number of nitrogens with one attached hydrogen (secondary N) is 1. The van der Waals surface area contributed by atoms with E-state index in [1.807, 2.05) is 13.8 Å². The molecule has 2 rings (SSSR count). The van der Waals surface area contributed by atoms with Crippen LogP contribution in [0.15, 0.2) is 33.9 Å². The number of nitrogens with zero attached hydrogens (tertiary/aromatic N) is 2. The van der Waals surface area contributed by atoms with Crippen molar-refractivity contribution in [1.82, 2.24) is 15.5 Å². The number of sulfone groups is 1. The molecule has 0 fully saturated rings. The third kappa shape index (κ3) is 4.60. The largest absolute Gasteiger partial charge is 0.410 e. The number of amides is 1. The number of hydrogen-bond donors (Lipinski definition) is 1. The fourth-order valence-electron chi connectivity index (χ4n) is 2.02. The van der Waals surface area contributed by atoms with Crippen LogP contribution in [-0.2, 0) is 21.1 Å². The number of carbonyl (C=O) groups excluding carboxylic acids is 1. The quantitative estimate of drug-likeness (QED) is 0.845. The van der Waals surface area contributed by atoms with Crippen LogP contribution in [0.1, 0.15) is 31.3 Å². The molecule has 1 N–H and O–H groups in total. The molecule has 1 atom stereocenters. The first-order chi connectivity index (χ1) is 11.2. The van der Waals surface area contributed by atoms with Crippen molar-refractivity contribution in [2.45, 2.75) is 31.5 Å². The lowest BCUT2D eigenvalue weighted by atomic mass is 10.0. The monoisotopic (exact) mass is 355 g/mol. The second-order valence-corrected chi connectivity index (χ2v) is 7.66. The Labute approximate surface area is 139 Å². The minimum atomic E-state index is -3.61. The van der Waals surface area contributed by atoms with Gasteiger partial charge in [-0.15, -0.1) is 5.10 Å². The van der Waals surface area contributed by atoms with Gasteiger partial charge in [0.25, 0.3) is 0 Å². The normalized spacial score (nSPS) is 13.0. The third-order valence-corrected chi connectivity index (χ3v) is 4.07. The summed E-state index contributed by atoms with van der Waals surface area (Å²) in [7, 11) is -3.61. The first kappa shape index (κ1) is 18.1. The van der Waals surface area contributed by atoms with Crippen molar-refractivity contribution in [2.24, 2.45) is 5.92 Å². The van der Waals surface area contributed by atoms with Gasteiger partial charge in [0.15, 0.2) is 0 Å². The van der Waals surface area contributed by atoms with Crippen LogP contribution >= 0.6 is 0 Å². The lowest BCUT2D eigenvalue weighted by molar-refractivity contribution is -0.121. The fraction of sp³-hybridized carbons (Fsp3) is 0.400. The Balaban J connectivity index is 2.12. The molecule has 2 aromatic rings. The summed E-state index contributed by atoms with van der Waals surface area (Å²) in [5.74, 6) is -0.772. The summed E-state index contributed by atoms with van der Waals surface area (Å²) in [6.07, 6.45) is 1.01. The van der Waals surface area contributed by atoms with E-state index in [4.69, 9.17) is 4.42 Å². The smallest absolute Gasteiger partial charge is 0.335 e. The maximum absolute atomic E-state index is 12.9. The van der Waals surface area contributed by atoms with Gasteiger partial charge in [-0.05, 0) is 23.6 Å². The second kappa shape index (κ2) is 7.08. The number of rotatable bonds is 6. The lowest BCUT2D eigenvalue weighted by Gasteiger charge is -2.18. The van der Waals surface area contributed by atoms with Gasteiger partial charge in [0, 0.05) is 6.26 Å². The molecule has 7 nitrogen and oxygen atoms in total. The predicted octanol–water partition coefficient (Wildman–Crippen LogP) is 1.67. The van der Waals surface area contributed by atoms with Gasteiger partial charge in [-0.3, -0.25) is 4.79 Å². The summed E-state index contributed by atoms with van der Waals surface area (Å²) in [6, 6.07) is 4.97. The molecular weight excluding hydrogens is 337 g/mol. The molecule has 0 bridgehead atoms. The molecule has 9 heteroatoms. The zero-order valence-corrected chi connectivity index (χ0v) is 14.3. The molecule has 0 unspecified atom stereocenters. The van der Waals surface area contributed by atoms with Gasteiger partial charge in [0.05, 0.1) is 6.42 Å². The SMILES string of the molecule is CC(C)[C@H](NC(=O)Cc1ccc(F)cc1)c1nnc(S(C)(=O)=O)o1. The van der Waals surface area contributed by atoms with Gasteiger partial charge in [-0.25, -0.2) is 12.8 Å². The first-order valence-electron chi connectivity index (χ1n) is 7.24. The standard InChI is InChI=1S/C15H18FN3O4S/c1-9(2)13(14-18-19-15(23-14)24(3,21)22)17-12(20)8-10-4-6-11(16)7-5-10/h4-7,9,13H,8H2,1-3H3,(H,17,20)/t13-/m0/s1. The van der Waals surface area contributed by atoms with Crippen LogP contribution in [0.3, 0.4) is 0 Å². The maximum Gasteiger partial charge on any atom is 0.335 e. The fourth-order valence-corrected chi connectivity index (χ4v) is 2.45. The van der Waals surface area contributed by atoms with Crippen molar-refractivity contribution in [2.75, 3.05) is 6.26 Å². The number of carbonyl (C=O) groups is 1. The summed E-state index contributed by atoms with van der Waals surface area (Å²) in [5, 5.41) is 9.46. The summed E-state index contributed by atoms with van der Waals surface area (Å²) in [5.41, 5.74) is 0.652. The molecule has 0 aliphatic rings. The van der Waals surface area contributed by atoms with E-state index in [1.165, 1.54) is 24.3 Å². The molecule has 1 aromatic heterocycles. The molecule has 1 aromatic carbocycles. The summed E-state index contributed by atoms with van der Waals surface area (Å²) in [6.45, 7) is 3.65. The molecule has 0 radical (unpaired) electrons. The van der Waals surface area contributed by atoms with Crippen LogP contribution in [0.4, 0.5) is 4.39 Å². The van der Waals surface area contributed by atoms with Crippen LogP contribution in [0.25, 0.3) is 0 Å². The van der Waals surface area contributed by atoms with Crippen molar-refractivity contribution in [3.05, 3.63) is 41.5 Å². The topological polar surface area (TPSA) is 102 Å². The van der Waals surface area contributed by atoms with Gasteiger partial charge in [-0.1, -0.05) is 31.1 Å². The van der Waals surface area contributed by atoms with Gasteiger partial charge >= 0.3 is 5.22 Å². The van der Waals surface area contributed by atoms with E-state index in [2.05, 4.69) is 15.5 Å². The van der Waals surface area contributed by atoms with E-state index in [9.17, 15) is 17.6 Å². The Morgan fingerprint density at radius 3 is 2.38 bits per heavy atom. The summed E-state index contributed by atoms with van der Waals surface area (Å²) in [4.78, 5) is 12.2. The Kier molecular flexibility index (Phi) is 5.33. The van der Waals surface area contributed by atoms with Gasteiger partial charge in [-0.2, -0.15) is 0 Å². The van der Waals surface area contributed by atoms with Crippen LogP contribution in [0, 0.1) is 11.7 Å². The van der Waals surface area contributed by atoms with Crippen molar-refractivity contribution in [3.63, 3.8) is 0 Å². The zero-order valence-electron chi connectivity index (χ0n) is 13.5. The Morgan fingerprint density at radius 1 is 1.25 bits per heavy atom. The molecule has 0 aliphatic carbocycles. The highest BCUT2D eigenvalue weighted by Crippen LogP contribution is 2.22. The van der Waals surface area contributed by atoms with Crippen LogP contribution in [-0.4, -0.2) is 30.8 Å². The van der Waals surface area contributed by atoms with E-state index < -0.39 is 21.1 Å². The Morgan fingerprint density at radius 2 is 1.88 bits per heavy atom. The molecule has 1 amide bonds. The molecule has 1 heterocycles. The highest BCUT2D eigenvalue weighted by molar-refractivity contribution is 7.90. The summed E-state index contributed by atoms with van der Waals surface area (Å²) >= 11 is 0. The van der Waals surface area contributed by atoms with E-state index >= 15 is 0 Å². The molecule has 24 heavy (non-hydrogen) atoms. The molecule has 0 saturated heterocycles. The van der Waals surface area contributed by atoms with E-state index in [0.29, 0.717) is 5.56 Å². The zero-order chi connectivity index (χ0) is 17.9. The van der Waals surface area contributed by atoms with Crippen LogP contribution in [0.5, 0.6) is 0 Å². The molecule has 0 aliphatic heterocycles. The van der Waals surface area contributed by atoms with E-state index in [-0.39, 0.29) is 30.0 Å². The molecule has 130 valence electrons. The maximum atomic E-state index is 12.9. The van der Waals surface area contributed by atoms with Crippen molar-refractivity contribution >= 4 is 15.7 Å². The number of aromatic nitrogens is 2. The minimum Gasteiger partial charge on any atom is -0.410 e. The highest BCUT2D eigenvalue weighted by atomic mass is 32.2. The average Bonchev–Trinajstić information content (AvgIpc) is 2.96. The second-order valence-electron chi connectivity index (χ2n) is 5.77. The Hall–Kier alpha value is -2.29. The lowest BCUT2D eigenvalue weighted by Crippen LogP contribution is -2.33. The van der Waals surface area contributed by atoms with Crippen LogP contribution < -0.4 is 5.32 Å². The number of hydrogen-bond acceptors (Lipinski definition) is 6. The number of halogens is 1.